The summed E-state index contributed by atoms with van der Waals surface area (Å²) in [5, 5.41) is 3.21. The molecule has 21 heavy (non-hydrogen) atoms. The van der Waals surface area contributed by atoms with Crippen molar-refractivity contribution >= 4 is 5.91 Å². The number of nitrogens with one attached hydrogen (secondary N) is 1. The third-order valence-electron chi connectivity index (χ3n) is 4.67. The Kier molecular flexibility index (Phi) is 5.40. The lowest BCUT2D eigenvalue weighted by atomic mass is 9.75. The van der Waals surface area contributed by atoms with Crippen LogP contribution in [0.1, 0.15) is 45.1 Å². The summed E-state index contributed by atoms with van der Waals surface area (Å²) in [7, 11) is 0. The van der Waals surface area contributed by atoms with Gasteiger partial charge < -0.3 is 11.1 Å². The predicted octanol–water partition coefficient (Wildman–Crippen LogP) is 2.89. The van der Waals surface area contributed by atoms with Gasteiger partial charge >= 0.3 is 0 Å². The average molecular weight is 288 g/mol. The standard InChI is InChI=1S/C18H28N2O/c1-18(2)10-8-16(9-11-18)20-17(21)15(13-19)12-14-6-4-3-5-7-14/h3-7,15-16H,8-13,19H2,1-2H3,(H,20,21). The average Bonchev–Trinajstić information content (AvgIpc) is 2.48. The van der Waals surface area contributed by atoms with Crippen LogP contribution in [0.3, 0.4) is 0 Å². The van der Waals surface area contributed by atoms with Gasteiger partial charge in [-0.05, 0) is 43.1 Å². The molecule has 1 unspecified atom stereocenters. The second-order valence-corrected chi connectivity index (χ2v) is 7.07. The van der Waals surface area contributed by atoms with E-state index in [4.69, 9.17) is 5.73 Å². The topological polar surface area (TPSA) is 55.1 Å². The molecule has 2 rings (SSSR count). The molecule has 1 atom stereocenters. The van der Waals surface area contributed by atoms with Crippen molar-refractivity contribution in [1.82, 2.24) is 5.32 Å². The number of rotatable bonds is 5. The van der Waals surface area contributed by atoms with Gasteiger partial charge in [-0.2, -0.15) is 0 Å². The predicted molar refractivity (Wildman–Crippen MR) is 86.9 cm³/mol. The first-order chi connectivity index (χ1) is 10.00. The van der Waals surface area contributed by atoms with E-state index in [1.165, 1.54) is 18.4 Å². The summed E-state index contributed by atoms with van der Waals surface area (Å²) in [6, 6.07) is 10.4. The van der Waals surface area contributed by atoms with Crippen LogP contribution >= 0.6 is 0 Å². The van der Waals surface area contributed by atoms with Gasteiger partial charge in [0.2, 0.25) is 5.91 Å². The SMILES string of the molecule is CC1(C)CCC(NC(=O)C(CN)Cc2ccccc2)CC1. The van der Waals surface area contributed by atoms with Crippen molar-refractivity contribution in [3.63, 3.8) is 0 Å². The summed E-state index contributed by atoms with van der Waals surface area (Å²) in [5.41, 5.74) is 7.41. The van der Waals surface area contributed by atoms with E-state index in [0.29, 0.717) is 18.0 Å². The van der Waals surface area contributed by atoms with Crippen molar-refractivity contribution in [2.45, 2.75) is 52.0 Å². The minimum absolute atomic E-state index is 0.117. The molecule has 3 N–H and O–H groups in total. The Morgan fingerprint density at radius 3 is 2.48 bits per heavy atom. The maximum atomic E-state index is 12.4. The van der Waals surface area contributed by atoms with Crippen molar-refractivity contribution in [2.75, 3.05) is 6.54 Å². The van der Waals surface area contributed by atoms with Gasteiger partial charge in [-0.1, -0.05) is 44.2 Å². The fraction of sp³-hybridized carbons (Fsp3) is 0.611. The molecule has 1 aromatic carbocycles. The van der Waals surface area contributed by atoms with Gasteiger partial charge in [-0.3, -0.25) is 4.79 Å². The van der Waals surface area contributed by atoms with E-state index in [1.54, 1.807) is 0 Å². The fourth-order valence-electron chi connectivity index (χ4n) is 3.04. The van der Waals surface area contributed by atoms with Crippen molar-refractivity contribution in [3.05, 3.63) is 35.9 Å². The molecule has 1 aromatic rings. The monoisotopic (exact) mass is 288 g/mol. The van der Waals surface area contributed by atoms with Crippen LogP contribution in [0.4, 0.5) is 0 Å². The highest BCUT2D eigenvalue weighted by Gasteiger charge is 2.28. The first-order valence-corrected chi connectivity index (χ1v) is 8.04. The zero-order valence-electron chi connectivity index (χ0n) is 13.3. The quantitative estimate of drug-likeness (QED) is 0.875. The summed E-state index contributed by atoms with van der Waals surface area (Å²) >= 11 is 0. The van der Waals surface area contributed by atoms with E-state index in [0.717, 1.165) is 19.3 Å². The van der Waals surface area contributed by atoms with Crippen LogP contribution in [0.5, 0.6) is 0 Å². The largest absolute Gasteiger partial charge is 0.353 e. The number of nitrogens with two attached hydrogens (primary N) is 1. The van der Waals surface area contributed by atoms with Gasteiger partial charge in [0.15, 0.2) is 0 Å². The van der Waals surface area contributed by atoms with E-state index >= 15 is 0 Å². The molecule has 0 aliphatic heterocycles. The smallest absolute Gasteiger partial charge is 0.224 e. The van der Waals surface area contributed by atoms with Gasteiger partial charge in [0.25, 0.3) is 0 Å². The number of hydrogen-bond donors (Lipinski definition) is 2. The Morgan fingerprint density at radius 2 is 1.90 bits per heavy atom. The molecule has 0 aromatic heterocycles. The van der Waals surface area contributed by atoms with E-state index in [-0.39, 0.29) is 11.8 Å². The van der Waals surface area contributed by atoms with Crippen LogP contribution in [0.15, 0.2) is 30.3 Å². The van der Waals surface area contributed by atoms with E-state index < -0.39 is 0 Å². The first-order valence-electron chi connectivity index (χ1n) is 8.04. The highest BCUT2D eigenvalue weighted by Crippen LogP contribution is 2.35. The van der Waals surface area contributed by atoms with E-state index in [9.17, 15) is 4.79 Å². The summed E-state index contributed by atoms with van der Waals surface area (Å²) in [5.74, 6) is -0.00611. The third kappa shape index (κ3) is 4.85. The molecule has 0 heterocycles. The van der Waals surface area contributed by atoms with Crippen LogP contribution in [-0.2, 0) is 11.2 Å². The lowest BCUT2D eigenvalue weighted by molar-refractivity contribution is -0.125. The molecular weight excluding hydrogens is 260 g/mol. The number of hydrogen-bond acceptors (Lipinski definition) is 2. The van der Waals surface area contributed by atoms with Crippen LogP contribution in [0.2, 0.25) is 0 Å². The Balaban J connectivity index is 1.86. The van der Waals surface area contributed by atoms with Crippen molar-refractivity contribution in [1.29, 1.82) is 0 Å². The normalized spacial score (nSPS) is 20.0. The third-order valence-corrected chi connectivity index (χ3v) is 4.67. The fourth-order valence-corrected chi connectivity index (χ4v) is 3.04. The van der Waals surface area contributed by atoms with Gasteiger partial charge in [0.1, 0.15) is 0 Å². The highest BCUT2D eigenvalue weighted by molar-refractivity contribution is 5.79. The van der Waals surface area contributed by atoms with E-state index in [1.807, 2.05) is 18.2 Å². The molecule has 0 radical (unpaired) electrons. The molecule has 0 bridgehead atoms. The van der Waals surface area contributed by atoms with Gasteiger partial charge in [0, 0.05) is 12.6 Å². The second-order valence-electron chi connectivity index (χ2n) is 7.07. The van der Waals surface area contributed by atoms with Crippen molar-refractivity contribution < 1.29 is 4.79 Å². The number of carbonyl (C=O) groups is 1. The lowest BCUT2D eigenvalue weighted by Gasteiger charge is -2.35. The molecule has 1 saturated carbocycles. The zero-order valence-corrected chi connectivity index (χ0v) is 13.3. The Morgan fingerprint density at radius 1 is 1.29 bits per heavy atom. The molecule has 1 fully saturated rings. The Bertz CT molecular complexity index is 446. The Hall–Kier alpha value is -1.35. The molecule has 0 saturated heterocycles. The van der Waals surface area contributed by atoms with Crippen LogP contribution in [0, 0.1) is 11.3 Å². The molecule has 3 heteroatoms. The number of amides is 1. The maximum Gasteiger partial charge on any atom is 0.224 e. The van der Waals surface area contributed by atoms with E-state index in [2.05, 4.69) is 31.3 Å². The molecule has 1 aliphatic rings. The maximum absolute atomic E-state index is 12.4. The second kappa shape index (κ2) is 7.08. The summed E-state index contributed by atoms with van der Waals surface area (Å²) in [4.78, 5) is 12.4. The van der Waals surface area contributed by atoms with Crippen molar-refractivity contribution in [3.8, 4) is 0 Å². The minimum Gasteiger partial charge on any atom is -0.353 e. The summed E-state index contributed by atoms with van der Waals surface area (Å²) in [6.45, 7) is 5.02. The molecule has 0 spiro atoms. The van der Waals surface area contributed by atoms with Crippen LogP contribution < -0.4 is 11.1 Å². The molecule has 1 amide bonds. The molecular formula is C18H28N2O. The number of benzene rings is 1. The number of carbonyl (C=O) groups excluding carboxylic acids is 1. The molecule has 116 valence electrons. The van der Waals surface area contributed by atoms with Crippen molar-refractivity contribution in [2.24, 2.45) is 17.1 Å². The Labute approximate surface area is 128 Å². The lowest BCUT2D eigenvalue weighted by Crippen LogP contribution is -2.44. The summed E-state index contributed by atoms with van der Waals surface area (Å²) in [6.07, 6.45) is 5.26. The first kappa shape index (κ1) is 16.0. The van der Waals surface area contributed by atoms with Gasteiger partial charge in [-0.25, -0.2) is 0 Å². The van der Waals surface area contributed by atoms with Gasteiger partial charge in [-0.15, -0.1) is 0 Å². The molecule has 1 aliphatic carbocycles. The van der Waals surface area contributed by atoms with Crippen LogP contribution in [-0.4, -0.2) is 18.5 Å². The minimum atomic E-state index is -0.123. The molecule has 3 nitrogen and oxygen atoms in total. The van der Waals surface area contributed by atoms with Gasteiger partial charge in [0.05, 0.1) is 5.92 Å². The van der Waals surface area contributed by atoms with Crippen LogP contribution in [0.25, 0.3) is 0 Å². The highest BCUT2D eigenvalue weighted by atomic mass is 16.1. The zero-order chi connectivity index (χ0) is 15.3. The summed E-state index contributed by atoms with van der Waals surface area (Å²) < 4.78 is 0.